The molecule has 112 valence electrons. The molecule has 0 saturated heterocycles. The van der Waals surface area contributed by atoms with E-state index in [0.29, 0.717) is 10.0 Å². The third-order valence-corrected chi connectivity index (χ3v) is 5.22. The number of aryl methyl sites for hydroxylation is 1. The van der Waals surface area contributed by atoms with E-state index in [1.165, 1.54) is 17.0 Å². The summed E-state index contributed by atoms with van der Waals surface area (Å²) in [4.78, 5) is 16.5. The molecule has 1 aromatic heterocycles. The highest BCUT2D eigenvalue weighted by Crippen LogP contribution is 2.30. The second-order valence-electron chi connectivity index (χ2n) is 4.89. The summed E-state index contributed by atoms with van der Waals surface area (Å²) >= 11 is 4.88. The Bertz CT molecular complexity index is 686. The number of nitrogens with zero attached hydrogens (tertiary/aromatic N) is 1. The molecule has 1 unspecified atom stereocenters. The highest BCUT2D eigenvalue weighted by Gasteiger charge is 2.22. The fourth-order valence-corrected chi connectivity index (χ4v) is 3.42. The maximum atomic E-state index is 13.4. The Kier molecular flexibility index (Phi) is 4.68. The molecule has 0 spiro atoms. The van der Waals surface area contributed by atoms with Gasteiger partial charge in [0.2, 0.25) is 0 Å². The summed E-state index contributed by atoms with van der Waals surface area (Å²) in [6.45, 7) is 3.99. The maximum absolute atomic E-state index is 13.4. The molecule has 2 N–H and O–H groups in total. The Balaban J connectivity index is 2.29. The third-order valence-electron chi connectivity index (χ3n) is 3.39. The van der Waals surface area contributed by atoms with Crippen molar-refractivity contribution in [1.82, 2.24) is 4.90 Å². The Morgan fingerprint density at radius 3 is 2.67 bits per heavy atom. The number of anilines is 1. The minimum absolute atomic E-state index is 0.0328. The molecule has 1 aromatic carbocycles. The molecule has 0 aliphatic carbocycles. The van der Waals surface area contributed by atoms with Crippen LogP contribution in [0.3, 0.4) is 0 Å². The Morgan fingerprint density at radius 1 is 1.43 bits per heavy atom. The zero-order chi connectivity index (χ0) is 15.7. The molecule has 0 fully saturated rings. The van der Waals surface area contributed by atoms with E-state index in [1.807, 2.05) is 26.0 Å². The molecular weight excluding hydrogens is 355 g/mol. The van der Waals surface area contributed by atoms with Gasteiger partial charge in [-0.1, -0.05) is 0 Å². The van der Waals surface area contributed by atoms with Gasteiger partial charge >= 0.3 is 0 Å². The standard InChI is InChI=1S/C15H16BrFN2OS/c1-8-4-5-14(21-8)9(2)19(3)15(20)10-6-13(18)12(17)7-11(10)16/h4-7,9H,18H2,1-3H3. The number of benzene rings is 1. The van der Waals surface area contributed by atoms with Gasteiger partial charge in [0.15, 0.2) is 0 Å². The van der Waals surface area contributed by atoms with E-state index in [4.69, 9.17) is 5.73 Å². The van der Waals surface area contributed by atoms with Crippen LogP contribution in [0, 0.1) is 12.7 Å². The Hall–Kier alpha value is -1.40. The van der Waals surface area contributed by atoms with Crippen LogP contribution in [0.25, 0.3) is 0 Å². The van der Waals surface area contributed by atoms with E-state index in [2.05, 4.69) is 15.9 Å². The fraction of sp³-hybridized carbons (Fsp3) is 0.267. The number of thiophene rings is 1. The van der Waals surface area contributed by atoms with E-state index >= 15 is 0 Å². The molecule has 2 aromatic rings. The Morgan fingerprint density at radius 2 is 2.10 bits per heavy atom. The number of amides is 1. The number of nitrogens with two attached hydrogens (primary N) is 1. The number of rotatable bonds is 3. The van der Waals surface area contributed by atoms with Crippen LogP contribution in [-0.2, 0) is 0 Å². The van der Waals surface area contributed by atoms with Crippen molar-refractivity contribution in [3.63, 3.8) is 0 Å². The van der Waals surface area contributed by atoms with Crippen molar-refractivity contribution in [2.45, 2.75) is 19.9 Å². The number of nitrogen functional groups attached to an aromatic ring is 1. The second kappa shape index (κ2) is 6.15. The lowest BCUT2D eigenvalue weighted by Gasteiger charge is -2.24. The normalized spacial score (nSPS) is 12.2. The van der Waals surface area contributed by atoms with E-state index in [0.717, 1.165) is 4.88 Å². The molecular formula is C15H16BrFN2OS. The van der Waals surface area contributed by atoms with Gasteiger partial charge in [0.1, 0.15) is 5.82 Å². The first kappa shape index (κ1) is 16.0. The summed E-state index contributed by atoms with van der Waals surface area (Å²) in [7, 11) is 1.73. The molecule has 1 atom stereocenters. The van der Waals surface area contributed by atoms with Gasteiger partial charge in [0, 0.05) is 21.3 Å². The van der Waals surface area contributed by atoms with E-state index in [-0.39, 0.29) is 17.6 Å². The van der Waals surface area contributed by atoms with Gasteiger partial charge in [0.05, 0.1) is 17.3 Å². The van der Waals surface area contributed by atoms with Crippen LogP contribution >= 0.6 is 27.3 Å². The monoisotopic (exact) mass is 370 g/mol. The number of carbonyl (C=O) groups excluding carboxylic acids is 1. The van der Waals surface area contributed by atoms with Crippen molar-refractivity contribution in [1.29, 1.82) is 0 Å². The first-order valence-corrected chi connectivity index (χ1v) is 8.00. The number of hydrogen-bond donors (Lipinski definition) is 1. The van der Waals surface area contributed by atoms with Gasteiger partial charge in [-0.15, -0.1) is 11.3 Å². The van der Waals surface area contributed by atoms with E-state index in [1.54, 1.807) is 23.3 Å². The van der Waals surface area contributed by atoms with Crippen LogP contribution in [0.15, 0.2) is 28.7 Å². The summed E-state index contributed by atoms with van der Waals surface area (Å²) in [6, 6.07) is 6.57. The molecule has 1 amide bonds. The molecule has 0 aliphatic rings. The molecule has 2 rings (SSSR count). The van der Waals surface area contributed by atoms with Crippen molar-refractivity contribution in [2.75, 3.05) is 12.8 Å². The molecule has 0 saturated carbocycles. The van der Waals surface area contributed by atoms with E-state index in [9.17, 15) is 9.18 Å². The van der Waals surface area contributed by atoms with Gasteiger partial charge < -0.3 is 10.6 Å². The second-order valence-corrected chi connectivity index (χ2v) is 7.07. The van der Waals surface area contributed by atoms with Gasteiger partial charge in [0.25, 0.3) is 5.91 Å². The van der Waals surface area contributed by atoms with Crippen molar-refractivity contribution in [3.8, 4) is 0 Å². The number of carbonyl (C=O) groups is 1. The lowest BCUT2D eigenvalue weighted by Crippen LogP contribution is -2.29. The van der Waals surface area contributed by atoms with Crippen LogP contribution < -0.4 is 5.73 Å². The van der Waals surface area contributed by atoms with E-state index < -0.39 is 5.82 Å². The highest BCUT2D eigenvalue weighted by atomic mass is 79.9. The minimum atomic E-state index is -0.539. The SMILES string of the molecule is Cc1ccc(C(C)N(C)C(=O)c2cc(N)c(F)cc2Br)s1. The van der Waals surface area contributed by atoms with Crippen LogP contribution in [0.5, 0.6) is 0 Å². The third kappa shape index (κ3) is 3.27. The van der Waals surface area contributed by atoms with Crippen LogP contribution in [0.1, 0.15) is 33.1 Å². The topological polar surface area (TPSA) is 46.3 Å². The zero-order valence-electron chi connectivity index (χ0n) is 12.0. The van der Waals surface area contributed by atoms with Crippen LogP contribution in [0.2, 0.25) is 0 Å². The predicted octanol–water partition coefficient (Wildman–Crippen LogP) is 4.37. The predicted molar refractivity (Wildman–Crippen MR) is 88.1 cm³/mol. The lowest BCUT2D eigenvalue weighted by atomic mass is 10.1. The average Bonchev–Trinajstić information content (AvgIpc) is 2.87. The van der Waals surface area contributed by atoms with Gasteiger partial charge in [-0.3, -0.25) is 4.79 Å². The number of halogens is 2. The van der Waals surface area contributed by atoms with Crippen LogP contribution in [-0.4, -0.2) is 17.9 Å². The van der Waals surface area contributed by atoms with Crippen LogP contribution in [0.4, 0.5) is 10.1 Å². The molecule has 0 aliphatic heterocycles. The first-order chi connectivity index (χ1) is 9.81. The van der Waals surface area contributed by atoms with Crippen molar-refractivity contribution < 1.29 is 9.18 Å². The average molecular weight is 371 g/mol. The summed E-state index contributed by atoms with van der Waals surface area (Å²) in [5.74, 6) is -0.741. The molecule has 0 bridgehead atoms. The molecule has 1 heterocycles. The smallest absolute Gasteiger partial charge is 0.255 e. The van der Waals surface area contributed by atoms with Gasteiger partial charge in [-0.2, -0.15) is 0 Å². The molecule has 3 nitrogen and oxygen atoms in total. The first-order valence-electron chi connectivity index (χ1n) is 6.39. The fourth-order valence-electron chi connectivity index (χ4n) is 1.96. The van der Waals surface area contributed by atoms with Gasteiger partial charge in [-0.05, 0) is 54.0 Å². The minimum Gasteiger partial charge on any atom is -0.396 e. The number of hydrogen-bond acceptors (Lipinski definition) is 3. The summed E-state index contributed by atoms with van der Waals surface area (Å²) in [5.41, 5.74) is 5.88. The highest BCUT2D eigenvalue weighted by molar-refractivity contribution is 9.10. The molecule has 6 heteroatoms. The largest absolute Gasteiger partial charge is 0.396 e. The molecule has 0 radical (unpaired) electrons. The summed E-state index contributed by atoms with van der Waals surface area (Å²) in [6.07, 6.45) is 0. The summed E-state index contributed by atoms with van der Waals surface area (Å²) < 4.78 is 13.8. The Labute approximate surface area is 135 Å². The lowest BCUT2D eigenvalue weighted by molar-refractivity contribution is 0.0744. The zero-order valence-corrected chi connectivity index (χ0v) is 14.4. The maximum Gasteiger partial charge on any atom is 0.255 e. The summed E-state index contributed by atoms with van der Waals surface area (Å²) in [5, 5.41) is 0. The van der Waals surface area contributed by atoms with Crippen molar-refractivity contribution in [2.24, 2.45) is 0 Å². The molecule has 21 heavy (non-hydrogen) atoms. The van der Waals surface area contributed by atoms with Gasteiger partial charge in [-0.25, -0.2) is 4.39 Å². The quantitative estimate of drug-likeness (QED) is 0.815. The van der Waals surface area contributed by atoms with Crippen molar-refractivity contribution >= 4 is 38.9 Å². The van der Waals surface area contributed by atoms with Crippen molar-refractivity contribution in [3.05, 3.63) is 49.9 Å².